The first-order valence-corrected chi connectivity index (χ1v) is 9.74. The molecule has 0 aromatic heterocycles. The summed E-state index contributed by atoms with van der Waals surface area (Å²) in [6.07, 6.45) is -4.35. The number of carbonyl (C=O) groups excluding carboxylic acids is 3. The molecule has 1 atom stereocenters. The molecule has 6 nitrogen and oxygen atoms in total. The normalized spacial score (nSPS) is 19.0. The van der Waals surface area contributed by atoms with Crippen LogP contribution >= 0.6 is 15.9 Å². The fraction of sp³-hybridized carbons (Fsp3) is 0.250. The lowest BCUT2D eigenvalue weighted by Gasteiger charge is -2.25. The van der Waals surface area contributed by atoms with Crippen molar-refractivity contribution >= 4 is 39.5 Å². The maximum Gasteiger partial charge on any atom is 0.417 e. The zero-order chi connectivity index (χ0) is 22.1. The molecule has 3 rings (SSSR count). The highest BCUT2D eigenvalue weighted by Gasteiger charge is 2.51. The number of rotatable bonds is 5. The van der Waals surface area contributed by atoms with Crippen LogP contribution in [0.5, 0.6) is 0 Å². The van der Waals surface area contributed by atoms with E-state index in [0.29, 0.717) is 5.56 Å². The lowest BCUT2D eigenvalue weighted by molar-refractivity contribution is -0.138. The predicted molar refractivity (Wildman–Crippen MR) is 106 cm³/mol. The van der Waals surface area contributed by atoms with Gasteiger partial charge in [0.25, 0.3) is 5.91 Å². The zero-order valence-electron chi connectivity index (χ0n) is 15.7. The van der Waals surface area contributed by atoms with Gasteiger partial charge in [-0.15, -0.1) is 0 Å². The Hall–Kier alpha value is -2.88. The average molecular weight is 484 g/mol. The molecule has 4 amide bonds. The fourth-order valence-corrected chi connectivity index (χ4v) is 3.77. The molecular formula is C20H17BrF3N3O3. The van der Waals surface area contributed by atoms with Gasteiger partial charge in [-0.1, -0.05) is 53.2 Å². The van der Waals surface area contributed by atoms with E-state index in [-0.39, 0.29) is 16.6 Å². The highest BCUT2D eigenvalue weighted by Crippen LogP contribution is 2.36. The van der Waals surface area contributed by atoms with E-state index in [1.54, 1.807) is 37.3 Å². The van der Waals surface area contributed by atoms with E-state index in [4.69, 9.17) is 0 Å². The molecule has 1 saturated heterocycles. The smallest absolute Gasteiger partial charge is 0.325 e. The monoisotopic (exact) mass is 483 g/mol. The van der Waals surface area contributed by atoms with E-state index in [1.807, 2.05) is 0 Å². The fourth-order valence-electron chi connectivity index (χ4n) is 3.30. The number of alkyl halides is 3. The summed E-state index contributed by atoms with van der Waals surface area (Å²) >= 11 is 2.82. The lowest BCUT2D eigenvalue weighted by atomic mass is 9.87. The molecule has 0 spiro atoms. The molecule has 30 heavy (non-hydrogen) atoms. The summed E-state index contributed by atoms with van der Waals surface area (Å²) in [7, 11) is 0. The Balaban J connectivity index is 1.78. The molecular weight excluding hydrogens is 467 g/mol. The molecule has 0 radical (unpaired) electrons. The minimum absolute atomic E-state index is 0.104. The molecule has 0 aliphatic carbocycles. The van der Waals surface area contributed by atoms with Crippen LogP contribution in [0.25, 0.3) is 0 Å². The number of nitrogens with zero attached hydrogens (tertiary/aromatic N) is 1. The van der Waals surface area contributed by atoms with E-state index in [9.17, 15) is 27.6 Å². The molecule has 2 aromatic carbocycles. The second kappa shape index (κ2) is 8.10. The van der Waals surface area contributed by atoms with Gasteiger partial charge in [0.15, 0.2) is 0 Å². The Morgan fingerprint density at radius 2 is 1.83 bits per heavy atom. The van der Waals surface area contributed by atoms with E-state index >= 15 is 0 Å². The van der Waals surface area contributed by atoms with Crippen molar-refractivity contribution in [1.29, 1.82) is 0 Å². The van der Waals surface area contributed by atoms with Crippen molar-refractivity contribution in [3.63, 3.8) is 0 Å². The summed E-state index contributed by atoms with van der Waals surface area (Å²) in [6, 6.07) is 11.1. The molecule has 1 fully saturated rings. The first-order chi connectivity index (χ1) is 14.1. The van der Waals surface area contributed by atoms with Crippen molar-refractivity contribution in [3.05, 3.63) is 64.1 Å². The van der Waals surface area contributed by atoms with Crippen LogP contribution in [0.1, 0.15) is 24.5 Å². The third kappa shape index (κ3) is 4.04. The van der Waals surface area contributed by atoms with Crippen LogP contribution in [0, 0.1) is 0 Å². The summed E-state index contributed by atoms with van der Waals surface area (Å²) in [5, 5.41) is 4.94. The van der Waals surface area contributed by atoms with Gasteiger partial charge in [-0.05, 0) is 30.2 Å². The van der Waals surface area contributed by atoms with Gasteiger partial charge in [0, 0.05) is 10.2 Å². The molecule has 1 heterocycles. The topological polar surface area (TPSA) is 78.5 Å². The minimum Gasteiger partial charge on any atom is -0.325 e. The molecule has 2 N–H and O–H groups in total. The number of carbonyl (C=O) groups is 3. The number of urea groups is 1. The Kier molecular flexibility index (Phi) is 5.89. The van der Waals surface area contributed by atoms with Gasteiger partial charge in [0.05, 0.1) is 5.56 Å². The summed E-state index contributed by atoms with van der Waals surface area (Å²) < 4.78 is 38.9. The van der Waals surface area contributed by atoms with E-state index in [2.05, 4.69) is 26.6 Å². The maximum absolute atomic E-state index is 13.0. The van der Waals surface area contributed by atoms with Crippen LogP contribution in [0.4, 0.5) is 23.7 Å². The van der Waals surface area contributed by atoms with Crippen LogP contribution in [-0.4, -0.2) is 29.3 Å². The highest BCUT2D eigenvalue weighted by atomic mass is 79.9. The lowest BCUT2D eigenvalue weighted by Crippen LogP contribution is -2.44. The van der Waals surface area contributed by atoms with Crippen molar-refractivity contribution in [1.82, 2.24) is 10.2 Å². The molecule has 0 bridgehead atoms. The number of amides is 4. The quantitative estimate of drug-likeness (QED) is 0.623. The zero-order valence-corrected chi connectivity index (χ0v) is 17.3. The summed E-state index contributed by atoms with van der Waals surface area (Å²) in [5.74, 6) is -1.39. The van der Waals surface area contributed by atoms with E-state index in [0.717, 1.165) is 17.0 Å². The van der Waals surface area contributed by atoms with Gasteiger partial charge >= 0.3 is 12.2 Å². The molecule has 1 aliphatic heterocycles. The first-order valence-electron chi connectivity index (χ1n) is 8.94. The Labute approximate surface area is 178 Å². The largest absolute Gasteiger partial charge is 0.417 e. The second-order valence-electron chi connectivity index (χ2n) is 6.69. The minimum atomic E-state index is -4.61. The van der Waals surface area contributed by atoms with E-state index < -0.39 is 41.7 Å². The van der Waals surface area contributed by atoms with Gasteiger partial charge in [-0.25, -0.2) is 4.79 Å². The highest BCUT2D eigenvalue weighted by molar-refractivity contribution is 9.10. The SMILES string of the molecule is CC[C@@]1(c2ccccc2)NC(=O)N(CC(=O)Nc2ccc(Br)c(C(F)(F)F)c2)C1=O. The number of anilines is 1. The van der Waals surface area contributed by atoms with Crippen LogP contribution in [0.3, 0.4) is 0 Å². The molecule has 10 heteroatoms. The van der Waals surface area contributed by atoms with Crippen LogP contribution in [-0.2, 0) is 21.3 Å². The Morgan fingerprint density at radius 3 is 2.43 bits per heavy atom. The Morgan fingerprint density at radius 1 is 1.17 bits per heavy atom. The van der Waals surface area contributed by atoms with Crippen molar-refractivity contribution < 1.29 is 27.6 Å². The summed E-state index contributed by atoms with van der Waals surface area (Å²) in [6.45, 7) is 1.10. The third-order valence-electron chi connectivity index (χ3n) is 4.83. The number of benzene rings is 2. The average Bonchev–Trinajstić information content (AvgIpc) is 2.94. The van der Waals surface area contributed by atoms with Crippen molar-refractivity contribution in [2.24, 2.45) is 0 Å². The summed E-state index contributed by atoms with van der Waals surface area (Å²) in [4.78, 5) is 38.5. The van der Waals surface area contributed by atoms with Gasteiger partial charge < -0.3 is 10.6 Å². The van der Waals surface area contributed by atoms with Gasteiger partial charge in [-0.3, -0.25) is 14.5 Å². The third-order valence-corrected chi connectivity index (χ3v) is 5.52. The van der Waals surface area contributed by atoms with Crippen molar-refractivity contribution in [3.8, 4) is 0 Å². The standard InChI is InChI=1S/C20H17BrF3N3O3/c1-2-19(12-6-4-3-5-7-12)17(29)27(18(30)26-19)11-16(28)25-13-8-9-15(21)14(10-13)20(22,23)24/h3-10H,2,11H2,1H3,(H,25,28)(H,26,30)/t19-/m0/s1. The van der Waals surface area contributed by atoms with Crippen LogP contribution in [0.2, 0.25) is 0 Å². The number of hydrogen-bond acceptors (Lipinski definition) is 3. The molecule has 158 valence electrons. The Bertz CT molecular complexity index is 998. The maximum atomic E-state index is 13.0. The van der Waals surface area contributed by atoms with Crippen molar-refractivity contribution in [2.45, 2.75) is 25.1 Å². The van der Waals surface area contributed by atoms with Crippen LogP contribution < -0.4 is 10.6 Å². The second-order valence-corrected chi connectivity index (χ2v) is 7.54. The molecule has 0 unspecified atom stereocenters. The van der Waals surface area contributed by atoms with Gasteiger partial charge in [-0.2, -0.15) is 13.2 Å². The first kappa shape index (κ1) is 21.8. The van der Waals surface area contributed by atoms with Crippen LogP contribution in [0.15, 0.2) is 53.0 Å². The van der Waals surface area contributed by atoms with Crippen molar-refractivity contribution in [2.75, 3.05) is 11.9 Å². The number of nitrogens with one attached hydrogen (secondary N) is 2. The van der Waals surface area contributed by atoms with Gasteiger partial charge in [0.1, 0.15) is 12.1 Å². The van der Waals surface area contributed by atoms with Gasteiger partial charge in [0.2, 0.25) is 5.91 Å². The molecule has 2 aromatic rings. The number of imide groups is 1. The predicted octanol–water partition coefficient (Wildman–Crippen LogP) is 4.26. The summed E-state index contributed by atoms with van der Waals surface area (Å²) in [5.41, 5.74) is -1.77. The van der Waals surface area contributed by atoms with E-state index in [1.165, 1.54) is 6.07 Å². The number of hydrogen-bond donors (Lipinski definition) is 2. The molecule has 1 aliphatic rings. The molecule has 0 saturated carbocycles. The number of halogens is 4.